The molecule has 1 unspecified atom stereocenters. The number of benzene rings is 1. The van der Waals surface area contributed by atoms with Crippen molar-refractivity contribution >= 4 is 33.2 Å². The van der Waals surface area contributed by atoms with Crippen molar-refractivity contribution in [1.82, 2.24) is 4.90 Å². The van der Waals surface area contributed by atoms with Gasteiger partial charge in [-0.15, -0.1) is 0 Å². The van der Waals surface area contributed by atoms with E-state index in [2.05, 4.69) is 40.0 Å². The Bertz CT molecular complexity index is 449. The zero-order chi connectivity index (χ0) is 14.7. The Morgan fingerprint density at radius 1 is 1.55 bits per heavy atom. The summed E-state index contributed by atoms with van der Waals surface area (Å²) in [6.45, 7) is 7.61. The summed E-state index contributed by atoms with van der Waals surface area (Å²) in [5.41, 5.74) is 0.707. The SMILES string of the molecule is CC(C)N1CCOC(CNc2c(Cl)cc(F)cc2Br)C1. The number of anilines is 1. The van der Waals surface area contributed by atoms with Gasteiger partial charge in [-0.1, -0.05) is 11.6 Å². The van der Waals surface area contributed by atoms with E-state index in [1.807, 2.05) is 0 Å². The molecule has 1 aliphatic heterocycles. The molecule has 1 aliphatic rings. The van der Waals surface area contributed by atoms with Gasteiger partial charge in [-0.3, -0.25) is 4.90 Å². The van der Waals surface area contributed by atoms with Crippen LogP contribution in [0.15, 0.2) is 16.6 Å². The van der Waals surface area contributed by atoms with Crippen LogP contribution in [-0.4, -0.2) is 43.3 Å². The number of morpholine rings is 1. The van der Waals surface area contributed by atoms with Gasteiger partial charge in [-0.25, -0.2) is 4.39 Å². The summed E-state index contributed by atoms with van der Waals surface area (Å²) < 4.78 is 19.5. The smallest absolute Gasteiger partial charge is 0.125 e. The molecule has 0 aromatic heterocycles. The third-order valence-corrected chi connectivity index (χ3v) is 4.34. The molecule has 1 aromatic rings. The number of halogens is 3. The molecule has 0 spiro atoms. The summed E-state index contributed by atoms with van der Waals surface area (Å²) in [6.07, 6.45) is 0.110. The van der Waals surface area contributed by atoms with Gasteiger partial charge >= 0.3 is 0 Å². The summed E-state index contributed by atoms with van der Waals surface area (Å²) in [4.78, 5) is 2.39. The first kappa shape index (κ1) is 16.0. The third-order valence-electron chi connectivity index (χ3n) is 3.41. The van der Waals surface area contributed by atoms with E-state index < -0.39 is 0 Å². The Morgan fingerprint density at radius 2 is 2.30 bits per heavy atom. The molecule has 0 saturated carbocycles. The topological polar surface area (TPSA) is 24.5 Å². The van der Waals surface area contributed by atoms with Crippen molar-refractivity contribution in [3.05, 3.63) is 27.4 Å². The van der Waals surface area contributed by atoms with Crippen LogP contribution in [0.3, 0.4) is 0 Å². The first-order valence-electron chi connectivity index (χ1n) is 6.71. The fourth-order valence-corrected chi connectivity index (χ4v) is 3.22. The normalized spacial score (nSPS) is 20.4. The fraction of sp³-hybridized carbons (Fsp3) is 0.571. The van der Waals surface area contributed by atoms with Gasteiger partial charge in [-0.2, -0.15) is 0 Å². The molecule has 1 aromatic carbocycles. The van der Waals surface area contributed by atoms with Crippen molar-refractivity contribution in [2.75, 3.05) is 31.6 Å². The predicted molar refractivity (Wildman–Crippen MR) is 84.0 cm³/mol. The molecule has 1 N–H and O–H groups in total. The monoisotopic (exact) mass is 364 g/mol. The van der Waals surface area contributed by atoms with Crippen LogP contribution in [0, 0.1) is 5.82 Å². The van der Waals surface area contributed by atoms with Crippen molar-refractivity contribution in [3.63, 3.8) is 0 Å². The summed E-state index contributed by atoms with van der Waals surface area (Å²) in [5.74, 6) is -0.354. The number of ether oxygens (including phenoxy) is 1. The largest absolute Gasteiger partial charge is 0.380 e. The highest BCUT2D eigenvalue weighted by Crippen LogP contribution is 2.31. The maximum Gasteiger partial charge on any atom is 0.125 e. The van der Waals surface area contributed by atoms with Crippen LogP contribution in [0.2, 0.25) is 5.02 Å². The minimum absolute atomic E-state index is 0.110. The van der Waals surface area contributed by atoms with E-state index in [9.17, 15) is 4.39 Å². The lowest BCUT2D eigenvalue weighted by Gasteiger charge is -2.35. The molecule has 20 heavy (non-hydrogen) atoms. The van der Waals surface area contributed by atoms with Crippen LogP contribution in [-0.2, 0) is 4.74 Å². The van der Waals surface area contributed by atoms with Crippen LogP contribution in [0.4, 0.5) is 10.1 Å². The summed E-state index contributed by atoms with van der Waals surface area (Å²) in [5, 5.41) is 3.61. The molecular formula is C14H19BrClFN2O. The maximum atomic E-state index is 13.2. The number of hydrogen-bond acceptors (Lipinski definition) is 3. The highest BCUT2D eigenvalue weighted by molar-refractivity contribution is 9.10. The molecule has 0 bridgehead atoms. The second-order valence-electron chi connectivity index (χ2n) is 5.21. The first-order chi connectivity index (χ1) is 9.47. The van der Waals surface area contributed by atoms with Crippen molar-refractivity contribution in [3.8, 4) is 0 Å². The van der Waals surface area contributed by atoms with Crippen LogP contribution < -0.4 is 5.32 Å². The number of rotatable bonds is 4. The Labute approximate surface area is 132 Å². The molecule has 3 nitrogen and oxygen atoms in total. The molecule has 0 aliphatic carbocycles. The van der Waals surface area contributed by atoms with Crippen molar-refractivity contribution in [1.29, 1.82) is 0 Å². The van der Waals surface area contributed by atoms with E-state index in [-0.39, 0.29) is 11.9 Å². The van der Waals surface area contributed by atoms with Crippen LogP contribution in [0.1, 0.15) is 13.8 Å². The second kappa shape index (κ2) is 7.07. The summed E-state index contributed by atoms with van der Waals surface area (Å²) in [6, 6.07) is 3.22. The van der Waals surface area contributed by atoms with Gasteiger partial charge < -0.3 is 10.1 Å². The Balaban J connectivity index is 1.95. The quantitative estimate of drug-likeness (QED) is 0.879. The average molecular weight is 366 g/mol. The number of nitrogens with one attached hydrogen (secondary N) is 1. The maximum absolute atomic E-state index is 13.2. The number of nitrogens with zero attached hydrogens (tertiary/aromatic N) is 1. The first-order valence-corrected chi connectivity index (χ1v) is 7.88. The zero-order valence-corrected chi connectivity index (χ0v) is 14.0. The van der Waals surface area contributed by atoms with Crippen LogP contribution in [0.5, 0.6) is 0 Å². The van der Waals surface area contributed by atoms with E-state index >= 15 is 0 Å². The van der Waals surface area contributed by atoms with Crippen molar-refractivity contribution in [2.45, 2.75) is 26.0 Å². The van der Waals surface area contributed by atoms with Gasteiger partial charge in [0.2, 0.25) is 0 Å². The van der Waals surface area contributed by atoms with Crippen LogP contribution in [0.25, 0.3) is 0 Å². The zero-order valence-electron chi connectivity index (χ0n) is 11.6. The lowest BCUT2D eigenvalue weighted by Crippen LogP contribution is -2.48. The van der Waals surface area contributed by atoms with Gasteiger partial charge in [0.15, 0.2) is 0 Å². The van der Waals surface area contributed by atoms with Gasteiger partial charge in [0, 0.05) is 30.1 Å². The predicted octanol–water partition coefficient (Wildman–Crippen LogP) is 3.76. The van der Waals surface area contributed by atoms with Crippen LogP contribution >= 0.6 is 27.5 Å². The Kier molecular flexibility index (Phi) is 5.66. The number of hydrogen-bond donors (Lipinski definition) is 1. The van der Waals surface area contributed by atoms with Crippen molar-refractivity contribution in [2.24, 2.45) is 0 Å². The van der Waals surface area contributed by atoms with Gasteiger partial charge in [-0.05, 0) is 41.9 Å². The molecule has 0 radical (unpaired) electrons. The summed E-state index contributed by atoms with van der Waals surface area (Å²) in [7, 11) is 0. The summed E-state index contributed by atoms with van der Waals surface area (Å²) >= 11 is 9.37. The molecule has 0 amide bonds. The minimum atomic E-state index is -0.354. The molecule has 112 valence electrons. The molecule has 1 saturated heterocycles. The minimum Gasteiger partial charge on any atom is -0.380 e. The average Bonchev–Trinajstić information content (AvgIpc) is 2.37. The van der Waals surface area contributed by atoms with Gasteiger partial charge in [0.1, 0.15) is 5.82 Å². The molecule has 6 heteroatoms. The fourth-order valence-electron chi connectivity index (χ4n) is 2.26. The van der Waals surface area contributed by atoms with Gasteiger partial charge in [0.05, 0.1) is 23.4 Å². The standard InChI is InChI=1S/C14H19BrClFN2O/c1-9(2)19-3-4-20-11(8-19)7-18-14-12(15)5-10(17)6-13(14)16/h5-6,9,11,18H,3-4,7-8H2,1-2H3. The molecule has 1 heterocycles. The Morgan fingerprint density at radius 3 is 2.95 bits per heavy atom. The van der Waals surface area contributed by atoms with E-state index in [0.29, 0.717) is 27.8 Å². The van der Waals surface area contributed by atoms with Crippen molar-refractivity contribution < 1.29 is 9.13 Å². The van der Waals surface area contributed by atoms with E-state index in [4.69, 9.17) is 16.3 Å². The highest BCUT2D eigenvalue weighted by Gasteiger charge is 2.22. The molecule has 2 rings (SSSR count). The molecular weight excluding hydrogens is 347 g/mol. The van der Waals surface area contributed by atoms with Gasteiger partial charge in [0.25, 0.3) is 0 Å². The lowest BCUT2D eigenvalue weighted by molar-refractivity contribution is -0.0315. The second-order valence-corrected chi connectivity index (χ2v) is 6.47. The molecule has 1 atom stereocenters. The Hall–Kier alpha value is -0.360. The third kappa shape index (κ3) is 4.07. The lowest BCUT2D eigenvalue weighted by atomic mass is 10.2. The van der Waals surface area contributed by atoms with E-state index in [1.165, 1.54) is 12.1 Å². The molecule has 1 fully saturated rings. The van der Waals surface area contributed by atoms with E-state index in [0.717, 1.165) is 19.7 Å². The highest BCUT2D eigenvalue weighted by atomic mass is 79.9. The van der Waals surface area contributed by atoms with E-state index in [1.54, 1.807) is 0 Å².